The van der Waals surface area contributed by atoms with Crippen molar-refractivity contribution in [3.63, 3.8) is 0 Å². The number of carbonyl (C=O) groups is 2. The van der Waals surface area contributed by atoms with Crippen LogP contribution in [0.4, 0.5) is 4.79 Å². The third kappa shape index (κ3) is 1.93. The van der Waals surface area contributed by atoms with Gasteiger partial charge in [-0.05, 0) is 24.7 Å². The first kappa shape index (κ1) is 11.4. The summed E-state index contributed by atoms with van der Waals surface area (Å²) in [6.07, 6.45) is 3.51. The molecule has 1 atom stereocenters. The largest absolute Gasteiger partial charge is 0.334 e. The van der Waals surface area contributed by atoms with Crippen molar-refractivity contribution >= 4 is 11.9 Å². The maximum Gasteiger partial charge on any atom is 0.324 e. The summed E-state index contributed by atoms with van der Waals surface area (Å²) in [4.78, 5) is 25.3. The molecule has 1 N–H and O–H groups in total. The number of urea groups is 1. The first-order chi connectivity index (χ1) is 7.39. The van der Waals surface area contributed by atoms with E-state index in [-0.39, 0.29) is 29.4 Å². The molecule has 4 nitrogen and oxygen atoms in total. The Labute approximate surface area is 96.4 Å². The van der Waals surface area contributed by atoms with Gasteiger partial charge >= 0.3 is 6.03 Å². The number of amides is 3. The number of hydrogen-bond acceptors (Lipinski definition) is 2. The third-order valence-electron chi connectivity index (χ3n) is 3.65. The van der Waals surface area contributed by atoms with Gasteiger partial charge in [0.1, 0.15) is 0 Å². The molecule has 90 valence electrons. The van der Waals surface area contributed by atoms with Gasteiger partial charge in [-0.15, -0.1) is 0 Å². The van der Waals surface area contributed by atoms with Gasteiger partial charge in [-0.3, -0.25) is 9.69 Å². The fraction of sp³-hybridized carbons (Fsp3) is 0.833. The summed E-state index contributed by atoms with van der Waals surface area (Å²) in [6.45, 7) is 6.14. The second-order valence-electron chi connectivity index (χ2n) is 5.92. The molecule has 4 heteroatoms. The van der Waals surface area contributed by atoms with E-state index in [2.05, 4.69) is 5.32 Å². The van der Waals surface area contributed by atoms with Crippen LogP contribution in [-0.4, -0.2) is 28.9 Å². The van der Waals surface area contributed by atoms with Crippen molar-refractivity contribution in [1.82, 2.24) is 10.2 Å². The lowest BCUT2D eigenvalue weighted by Gasteiger charge is -2.43. The van der Waals surface area contributed by atoms with Crippen molar-refractivity contribution in [3.05, 3.63) is 0 Å². The molecule has 1 saturated carbocycles. The Kier molecular flexibility index (Phi) is 2.68. The molecule has 0 aromatic rings. The van der Waals surface area contributed by atoms with Crippen molar-refractivity contribution in [2.75, 3.05) is 0 Å². The van der Waals surface area contributed by atoms with Crippen LogP contribution in [-0.2, 0) is 4.79 Å². The second kappa shape index (κ2) is 3.75. The highest BCUT2D eigenvalue weighted by atomic mass is 16.2. The van der Waals surface area contributed by atoms with Gasteiger partial charge in [0.15, 0.2) is 0 Å². The quantitative estimate of drug-likeness (QED) is 0.739. The maximum absolute atomic E-state index is 12.0. The topological polar surface area (TPSA) is 49.4 Å². The molecule has 0 spiro atoms. The molecular formula is C12H20N2O2. The van der Waals surface area contributed by atoms with Gasteiger partial charge in [-0.1, -0.05) is 20.8 Å². The number of nitrogens with zero attached hydrogens (tertiary/aromatic N) is 1. The highest BCUT2D eigenvalue weighted by Gasteiger charge is 2.41. The van der Waals surface area contributed by atoms with E-state index in [0.717, 1.165) is 19.3 Å². The molecule has 1 aliphatic carbocycles. The number of nitrogens with one attached hydrogen (secondary N) is 1. The smallest absolute Gasteiger partial charge is 0.324 e. The van der Waals surface area contributed by atoms with Crippen LogP contribution in [0.3, 0.4) is 0 Å². The minimum Gasteiger partial charge on any atom is -0.334 e. The molecule has 1 saturated heterocycles. The molecule has 2 aliphatic rings. The highest BCUT2D eigenvalue weighted by molar-refractivity contribution is 5.97. The highest BCUT2D eigenvalue weighted by Crippen LogP contribution is 2.30. The van der Waals surface area contributed by atoms with Crippen LogP contribution < -0.4 is 5.32 Å². The van der Waals surface area contributed by atoms with Crippen LogP contribution in [0.5, 0.6) is 0 Å². The van der Waals surface area contributed by atoms with Crippen LogP contribution in [0, 0.1) is 5.41 Å². The second-order valence-corrected chi connectivity index (χ2v) is 5.92. The average Bonchev–Trinajstić information content (AvgIpc) is 2.05. The number of imide groups is 1. The van der Waals surface area contributed by atoms with Crippen LogP contribution in [0.1, 0.15) is 46.5 Å². The fourth-order valence-corrected chi connectivity index (χ4v) is 2.19. The maximum atomic E-state index is 12.0. The van der Waals surface area contributed by atoms with E-state index in [1.165, 1.54) is 4.90 Å². The van der Waals surface area contributed by atoms with Gasteiger partial charge in [-0.25, -0.2) is 4.79 Å². The Hall–Kier alpha value is -1.06. The number of rotatable bonds is 1. The summed E-state index contributed by atoms with van der Waals surface area (Å²) >= 11 is 0. The van der Waals surface area contributed by atoms with Crippen LogP contribution in [0.15, 0.2) is 0 Å². The molecule has 2 fully saturated rings. The van der Waals surface area contributed by atoms with Crippen molar-refractivity contribution < 1.29 is 9.59 Å². The summed E-state index contributed by atoms with van der Waals surface area (Å²) in [5.74, 6) is -0.00613. The first-order valence-corrected chi connectivity index (χ1v) is 6.02. The van der Waals surface area contributed by atoms with E-state index in [0.29, 0.717) is 6.42 Å². The van der Waals surface area contributed by atoms with E-state index >= 15 is 0 Å². The Morgan fingerprint density at radius 1 is 1.25 bits per heavy atom. The minimum atomic E-state index is -0.194. The summed E-state index contributed by atoms with van der Waals surface area (Å²) in [7, 11) is 0. The predicted molar refractivity (Wildman–Crippen MR) is 60.9 cm³/mol. The molecule has 0 aromatic carbocycles. The molecule has 2 rings (SSSR count). The summed E-state index contributed by atoms with van der Waals surface area (Å²) in [5, 5.41) is 2.95. The number of carbonyl (C=O) groups excluding carboxylic acids is 2. The normalized spacial score (nSPS) is 27.7. The van der Waals surface area contributed by atoms with Gasteiger partial charge in [-0.2, -0.15) is 0 Å². The average molecular weight is 224 g/mol. The third-order valence-corrected chi connectivity index (χ3v) is 3.65. The van der Waals surface area contributed by atoms with Gasteiger partial charge in [0.05, 0.1) is 0 Å². The lowest BCUT2D eigenvalue weighted by Crippen LogP contribution is -2.62. The van der Waals surface area contributed by atoms with Gasteiger partial charge in [0, 0.05) is 18.5 Å². The standard InChI is InChI=1S/C12H20N2O2/c1-12(2,3)9-7-10(15)14(11(16)13-9)8-5-4-6-8/h8-9H,4-7H2,1-3H3,(H,13,16). The van der Waals surface area contributed by atoms with Gasteiger partial charge in [0.25, 0.3) is 0 Å². The summed E-state index contributed by atoms with van der Waals surface area (Å²) in [5.41, 5.74) is -0.0585. The zero-order valence-electron chi connectivity index (χ0n) is 10.2. The van der Waals surface area contributed by atoms with E-state index in [9.17, 15) is 9.59 Å². The Balaban J connectivity index is 2.07. The zero-order chi connectivity index (χ0) is 11.9. The van der Waals surface area contributed by atoms with Crippen molar-refractivity contribution in [2.24, 2.45) is 5.41 Å². The zero-order valence-corrected chi connectivity index (χ0v) is 10.2. The van der Waals surface area contributed by atoms with E-state index in [4.69, 9.17) is 0 Å². The summed E-state index contributed by atoms with van der Waals surface area (Å²) in [6, 6.07) is -0.0712. The first-order valence-electron chi connectivity index (χ1n) is 6.02. The Bertz CT molecular complexity index is 297. The van der Waals surface area contributed by atoms with Crippen molar-refractivity contribution in [2.45, 2.75) is 58.5 Å². The van der Waals surface area contributed by atoms with E-state index < -0.39 is 0 Å². The molecule has 1 aliphatic heterocycles. The lowest BCUT2D eigenvalue weighted by atomic mass is 9.82. The molecule has 0 bridgehead atoms. The van der Waals surface area contributed by atoms with Crippen LogP contribution in [0.25, 0.3) is 0 Å². The van der Waals surface area contributed by atoms with Crippen LogP contribution in [0.2, 0.25) is 0 Å². The molecule has 3 amide bonds. The molecule has 16 heavy (non-hydrogen) atoms. The Morgan fingerprint density at radius 3 is 2.25 bits per heavy atom. The minimum absolute atomic E-state index is 0.00613. The molecular weight excluding hydrogens is 204 g/mol. The monoisotopic (exact) mass is 224 g/mol. The van der Waals surface area contributed by atoms with Crippen LogP contribution >= 0.6 is 0 Å². The van der Waals surface area contributed by atoms with E-state index in [1.807, 2.05) is 20.8 Å². The van der Waals surface area contributed by atoms with Crippen molar-refractivity contribution in [3.8, 4) is 0 Å². The lowest BCUT2D eigenvalue weighted by molar-refractivity contribution is -0.134. The predicted octanol–water partition coefficient (Wildman–Crippen LogP) is 1.90. The molecule has 1 heterocycles. The van der Waals surface area contributed by atoms with Gasteiger partial charge < -0.3 is 5.32 Å². The fourth-order valence-electron chi connectivity index (χ4n) is 2.19. The van der Waals surface area contributed by atoms with Crippen molar-refractivity contribution in [1.29, 1.82) is 0 Å². The Morgan fingerprint density at radius 2 is 1.88 bits per heavy atom. The SMILES string of the molecule is CC(C)(C)C1CC(=O)N(C2CCC2)C(=O)N1. The molecule has 0 radical (unpaired) electrons. The number of hydrogen-bond donors (Lipinski definition) is 1. The van der Waals surface area contributed by atoms with E-state index in [1.54, 1.807) is 0 Å². The van der Waals surface area contributed by atoms with Gasteiger partial charge in [0.2, 0.25) is 5.91 Å². The summed E-state index contributed by atoms with van der Waals surface area (Å²) < 4.78 is 0. The molecule has 0 aromatic heterocycles. The molecule has 1 unspecified atom stereocenters.